The van der Waals surface area contributed by atoms with Crippen LogP contribution in [0.15, 0.2) is 0 Å². The van der Waals surface area contributed by atoms with Crippen LogP contribution in [0.25, 0.3) is 0 Å². The van der Waals surface area contributed by atoms with Crippen molar-refractivity contribution in [1.29, 1.82) is 0 Å². The molecule has 0 saturated heterocycles. The van der Waals surface area contributed by atoms with Gasteiger partial charge in [0.1, 0.15) is 0 Å². The minimum absolute atomic E-state index is 0.480. The number of rotatable bonds is 8. The Labute approximate surface area is 76.7 Å². The van der Waals surface area contributed by atoms with Gasteiger partial charge in [0.05, 0.1) is 6.10 Å². The Kier molecular flexibility index (Phi) is 8.95. The van der Waals surface area contributed by atoms with E-state index in [2.05, 4.69) is 19.2 Å². The van der Waals surface area contributed by atoms with E-state index in [1.165, 1.54) is 25.7 Å². The third kappa shape index (κ3) is 6.62. The van der Waals surface area contributed by atoms with Gasteiger partial charge in [-0.1, -0.05) is 20.3 Å². The second-order valence-electron chi connectivity index (χ2n) is 3.14. The van der Waals surface area contributed by atoms with Crippen LogP contribution in [0.2, 0.25) is 0 Å². The van der Waals surface area contributed by atoms with Crippen molar-refractivity contribution >= 4 is 0 Å². The van der Waals surface area contributed by atoms with Crippen molar-refractivity contribution in [3.8, 4) is 0 Å². The number of hydrogen-bond donors (Lipinski definition) is 1. The molecular weight excluding hydrogens is 150 g/mol. The van der Waals surface area contributed by atoms with Gasteiger partial charge in [-0.2, -0.15) is 0 Å². The average Bonchev–Trinajstić information content (AvgIpc) is 2.10. The van der Waals surface area contributed by atoms with Gasteiger partial charge >= 0.3 is 0 Å². The summed E-state index contributed by atoms with van der Waals surface area (Å²) in [6.07, 6.45) is 5.32. The minimum atomic E-state index is 0.480. The fourth-order valence-electron chi connectivity index (χ4n) is 1.33. The molecule has 0 spiro atoms. The molecule has 0 heterocycles. The molecule has 0 unspecified atom stereocenters. The Morgan fingerprint density at radius 3 is 2.50 bits per heavy atom. The smallest absolute Gasteiger partial charge is 0.0571 e. The minimum Gasteiger partial charge on any atom is -0.381 e. The van der Waals surface area contributed by atoms with Crippen LogP contribution in [0.5, 0.6) is 0 Å². The normalized spacial score (nSPS) is 13.2. The monoisotopic (exact) mass is 173 g/mol. The molecule has 0 bridgehead atoms. The number of hydrogen-bond acceptors (Lipinski definition) is 2. The van der Waals surface area contributed by atoms with Gasteiger partial charge in [0, 0.05) is 7.11 Å². The topological polar surface area (TPSA) is 21.3 Å². The Bertz CT molecular complexity index is 85.9. The summed E-state index contributed by atoms with van der Waals surface area (Å²) >= 11 is 0. The lowest BCUT2D eigenvalue weighted by molar-refractivity contribution is 0.0856. The molecule has 1 N–H and O–H groups in total. The molecule has 74 valence electrons. The molecule has 2 nitrogen and oxygen atoms in total. The molecular formula is C10H23NO. The average molecular weight is 173 g/mol. The second-order valence-corrected chi connectivity index (χ2v) is 3.14. The lowest BCUT2D eigenvalue weighted by Gasteiger charge is -2.13. The summed E-state index contributed by atoms with van der Waals surface area (Å²) in [5, 5.41) is 3.31. The SMILES string of the molecule is CCC[C@@H](CCCNCC)OC. The first-order valence-electron chi connectivity index (χ1n) is 5.08. The molecule has 12 heavy (non-hydrogen) atoms. The van der Waals surface area contributed by atoms with E-state index < -0.39 is 0 Å². The molecule has 0 aromatic heterocycles. The van der Waals surface area contributed by atoms with E-state index in [-0.39, 0.29) is 0 Å². The highest BCUT2D eigenvalue weighted by molar-refractivity contribution is 4.57. The van der Waals surface area contributed by atoms with E-state index in [1.54, 1.807) is 0 Å². The first kappa shape index (κ1) is 11.9. The molecule has 0 rings (SSSR count). The molecule has 0 saturated carbocycles. The van der Waals surface area contributed by atoms with Crippen LogP contribution < -0.4 is 5.32 Å². The standard InChI is InChI=1S/C10H23NO/c1-4-7-10(12-3)8-6-9-11-5-2/h10-11H,4-9H2,1-3H3/t10-/m0/s1. The van der Waals surface area contributed by atoms with E-state index >= 15 is 0 Å². The van der Waals surface area contributed by atoms with Crippen LogP contribution in [0.4, 0.5) is 0 Å². The summed E-state index contributed by atoms with van der Waals surface area (Å²) in [6.45, 7) is 6.54. The van der Waals surface area contributed by atoms with Gasteiger partial charge in [0.15, 0.2) is 0 Å². The van der Waals surface area contributed by atoms with E-state index in [0.29, 0.717) is 6.10 Å². The van der Waals surface area contributed by atoms with Crippen molar-refractivity contribution in [2.75, 3.05) is 20.2 Å². The third-order valence-corrected chi connectivity index (χ3v) is 2.07. The fourth-order valence-corrected chi connectivity index (χ4v) is 1.33. The maximum atomic E-state index is 5.34. The van der Waals surface area contributed by atoms with Crippen LogP contribution in [-0.4, -0.2) is 26.3 Å². The molecule has 0 aliphatic carbocycles. The predicted octanol–water partition coefficient (Wildman–Crippen LogP) is 2.19. The highest BCUT2D eigenvalue weighted by Gasteiger charge is 2.04. The fraction of sp³-hybridized carbons (Fsp3) is 1.00. The maximum absolute atomic E-state index is 5.34. The molecule has 2 heteroatoms. The molecule has 0 aliphatic rings. The van der Waals surface area contributed by atoms with Gasteiger partial charge in [0.2, 0.25) is 0 Å². The van der Waals surface area contributed by atoms with Gasteiger partial charge in [0.25, 0.3) is 0 Å². The molecule has 0 fully saturated rings. The Morgan fingerprint density at radius 2 is 2.00 bits per heavy atom. The van der Waals surface area contributed by atoms with Crippen LogP contribution in [-0.2, 0) is 4.74 Å². The largest absolute Gasteiger partial charge is 0.381 e. The number of nitrogens with one attached hydrogen (secondary N) is 1. The first-order valence-corrected chi connectivity index (χ1v) is 5.08. The van der Waals surface area contributed by atoms with Gasteiger partial charge in [-0.3, -0.25) is 0 Å². The van der Waals surface area contributed by atoms with Gasteiger partial charge in [-0.15, -0.1) is 0 Å². The molecule has 0 aromatic rings. The van der Waals surface area contributed by atoms with Crippen LogP contribution in [0, 0.1) is 0 Å². The van der Waals surface area contributed by atoms with E-state index in [9.17, 15) is 0 Å². The van der Waals surface area contributed by atoms with Crippen molar-refractivity contribution in [2.45, 2.75) is 45.6 Å². The number of methoxy groups -OCH3 is 1. The predicted molar refractivity (Wildman–Crippen MR) is 53.5 cm³/mol. The highest BCUT2D eigenvalue weighted by Crippen LogP contribution is 2.07. The van der Waals surface area contributed by atoms with Crippen LogP contribution in [0.3, 0.4) is 0 Å². The molecule has 1 atom stereocenters. The van der Waals surface area contributed by atoms with Gasteiger partial charge in [-0.05, 0) is 32.4 Å². The first-order chi connectivity index (χ1) is 5.85. The van der Waals surface area contributed by atoms with Gasteiger partial charge in [-0.25, -0.2) is 0 Å². The summed E-state index contributed by atoms with van der Waals surface area (Å²) in [7, 11) is 1.81. The van der Waals surface area contributed by atoms with E-state index in [0.717, 1.165) is 13.1 Å². The van der Waals surface area contributed by atoms with Crippen LogP contribution >= 0.6 is 0 Å². The van der Waals surface area contributed by atoms with E-state index in [4.69, 9.17) is 4.74 Å². The summed E-state index contributed by atoms with van der Waals surface area (Å²) in [5.74, 6) is 0. The quantitative estimate of drug-likeness (QED) is 0.568. The second kappa shape index (κ2) is 9.01. The third-order valence-electron chi connectivity index (χ3n) is 2.07. The van der Waals surface area contributed by atoms with Crippen molar-refractivity contribution in [3.63, 3.8) is 0 Å². The summed E-state index contributed by atoms with van der Waals surface area (Å²) in [4.78, 5) is 0. The van der Waals surface area contributed by atoms with E-state index in [1.807, 2.05) is 7.11 Å². The van der Waals surface area contributed by atoms with Crippen LogP contribution in [0.1, 0.15) is 39.5 Å². The van der Waals surface area contributed by atoms with Crippen molar-refractivity contribution in [2.24, 2.45) is 0 Å². The highest BCUT2D eigenvalue weighted by atomic mass is 16.5. The number of ether oxygens (including phenoxy) is 1. The van der Waals surface area contributed by atoms with Gasteiger partial charge < -0.3 is 10.1 Å². The molecule has 0 aromatic carbocycles. The Morgan fingerprint density at radius 1 is 1.25 bits per heavy atom. The summed E-state index contributed by atoms with van der Waals surface area (Å²) < 4.78 is 5.34. The zero-order chi connectivity index (χ0) is 9.23. The molecule has 0 amide bonds. The zero-order valence-corrected chi connectivity index (χ0v) is 8.73. The lowest BCUT2D eigenvalue weighted by Crippen LogP contribution is -2.17. The maximum Gasteiger partial charge on any atom is 0.0571 e. The lowest BCUT2D eigenvalue weighted by atomic mass is 10.1. The molecule has 0 radical (unpaired) electrons. The summed E-state index contributed by atoms with van der Waals surface area (Å²) in [6, 6.07) is 0. The Hall–Kier alpha value is -0.0800. The summed E-state index contributed by atoms with van der Waals surface area (Å²) in [5.41, 5.74) is 0. The molecule has 0 aliphatic heterocycles. The van der Waals surface area contributed by atoms with Crippen molar-refractivity contribution in [1.82, 2.24) is 5.32 Å². The zero-order valence-electron chi connectivity index (χ0n) is 8.73. The Balaban J connectivity index is 3.19. The van der Waals surface area contributed by atoms with Crippen molar-refractivity contribution in [3.05, 3.63) is 0 Å². The van der Waals surface area contributed by atoms with Crippen molar-refractivity contribution < 1.29 is 4.74 Å².